The molecule has 1 saturated heterocycles. The molecule has 0 aliphatic carbocycles. The van der Waals surface area contributed by atoms with Crippen molar-refractivity contribution in [2.45, 2.75) is 38.9 Å². The van der Waals surface area contributed by atoms with Gasteiger partial charge >= 0.3 is 0 Å². The topological polar surface area (TPSA) is 18.5 Å². The Labute approximate surface area is 88.8 Å². The molecule has 2 radical (unpaired) electrons. The van der Waals surface area contributed by atoms with E-state index >= 15 is 0 Å². The summed E-state index contributed by atoms with van der Waals surface area (Å²) in [7, 11) is 5.41. The average molecular weight is 196 g/mol. The molecule has 3 heteroatoms. The van der Waals surface area contributed by atoms with E-state index in [-0.39, 0.29) is 0 Å². The van der Waals surface area contributed by atoms with Gasteiger partial charge in [0, 0.05) is 12.0 Å². The Morgan fingerprint density at radius 2 is 1.93 bits per heavy atom. The maximum atomic E-state index is 5.61. The molecule has 0 aromatic heterocycles. The molecule has 0 aromatic carbocycles. The van der Waals surface area contributed by atoms with Gasteiger partial charge in [0.15, 0.2) is 0 Å². The molecule has 1 aliphatic rings. The highest BCUT2D eigenvalue weighted by Crippen LogP contribution is 2.26. The zero-order valence-electron chi connectivity index (χ0n) is 9.26. The highest BCUT2D eigenvalue weighted by atomic mass is 16.5. The fourth-order valence-electron chi connectivity index (χ4n) is 1.55. The van der Waals surface area contributed by atoms with Crippen LogP contribution in [-0.4, -0.2) is 34.3 Å². The molecule has 0 saturated carbocycles. The van der Waals surface area contributed by atoms with Crippen molar-refractivity contribution in [3.05, 3.63) is 0 Å². The maximum absolute atomic E-state index is 5.61. The van der Waals surface area contributed by atoms with Crippen LogP contribution < -0.4 is 0 Å². The molecule has 0 amide bonds. The van der Waals surface area contributed by atoms with Crippen LogP contribution in [0.3, 0.4) is 0 Å². The lowest BCUT2D eigenvalue weighted by molar-refractivity contribution is -0.137. The first kappa shape index (κ1) is 12.1. The minimum Gasteiger partial charge on any atom is -0.381 e. The largest absolute Gasteiger partial charge is 0.381 e. The molecular formula is C11H21BO2. The van der Waals surface area contributed by atoms with E-state index in [0.717, 1.165) is 45.6 Å². The second-order valence-electron chi connectivity index (χ2n) is 4.56. The first-order chi connectivity index (χ1) is 6.77. The van der Waals surface area contributed by atoms with E-state index in [9.17, 15) is 0 Å². The summed E-state index contributed by atoms with van der Waals surface area (Å²) >= 11 is 0. The van der Waals surface area contributed by atoms with Crippen LogP contribution in [-0.2, 0) is 9.47 Å². The van der Waals surface area contributed by atoms with Crippen molar-refractivity contribution in [1.82, 2.24) is 0 Å². The van der Waals surface area contributed by atoms with Gasteiger partial charge in [0.25, 0.3) is 0 Å². The van der Waals surface area contributed by atoms with Crippen molar-refractivity contribution in [3.8, 4) is 0 Å². The minimum absolute atomic E-state index is 0.303. The number of hydrogen-bond acceptors (Lipinski definition) is 2. The molecule has 80 valence electrons. The molecule has 2 nitrogen and oxygen atoms in total. The molecular weight excluding hydrogens is 175 g/mol. The van der Waals surface area contributed by atoms with E-state index in [1.54, 1.807) is 0 Å². The van der Waals surface area contributed by atoms with Gasteiger partial charge in [-0.25, -0.2) is 0 Å². The fraction of sp³-hybridized carbons (Fsp3) is 1.00. The molecule has 14 heavy (non-hydrogen) atoms. The lowest BCUT2D eigenvalue weighted by Gasteiger charge is -2.37. The Morgan fingerprint density at radius 1 is 1.21 bits per heavy atom. The zero-order chi connectivity index (χ0) is 10.3. The summed E-state index contributed by atoms with van der Waals surface area (Å²) < 4.78 is 10.8. The van der Waals surface area contributed by atoms with Gasteiger partial charge in [-0.3, -0.25) is 0 Å². The molecule has 0 N–H and O–H groups in total. The van der Waals surface area contributed by atoms with Gasteiger partial charge in [-0.05, 0) is 6.42 Å². The lowest BCUT2D eigenvalue weighted by atomic mass is 9.90. The minimum atomic E-state index is 0.303. The van der Waals surface area contributed by atoms with Crippen molar-refractivity contribution in [2.75, 3.05) is 26.4 Å². The number of rotatable bonds is 8. The van der Waals surface area contributed by atoms with Crippen LogP contribution in [0.1, 0.15) is 32.6 Å². The van der Waals surface area contributed by atoms with Gasteiger partial charge in [0.2, 0.25) is 0 Å². The summed E-state index contributed by atoms with van der Waals surface area (Å²) in [4.78, 5) is 0. The van der Waals surface area contributed by atoms with E-state index in [1.165, 1.54) is 12.8 Å². The summed E-state index contributed by atoms with van der Waals surface area (Å²) in [5.74, 6) is 0. The van der Waals surface area contributed by atoms with Crippen LogP contribution in [0.5, 0.6) is 0 Å². The SMILES string of the molecule is [B]CCCCCCOCC1(C)COC1. The van der Waals surface area contributed by atoms with Gasteiger partial charge in [0.1, 0.15) is 0 Å². The van der Waals surface area contributed by atoms with Crippen LogP contribution in [0.4, 0.5) is 0 Å². The molecule has 1 heterocycles. The Morgan fingerprint density at radius 3 is 2.50 bits per heavy atom. The highest BCUT2D eigenvalue weighted by molar-refractivity contribution is 6.08. The summed E-state index contributed by atoms with van der Waals surface area (Å²) in [6, 6.07) is 0. The summed E-state index contributed by atoms with van der Waals surface area (Å²) in [6.45, 7) is 5.68. The molecule has 0 atom stereocenters. The molecule has 0 spiro atoms. The van der Waals surface area contributed by atoms with Crippen LogP contribution in [0.2, 0.25) is 6.32 Å². The molecule has 1 rings (SSSR count). The van der Waals surface area contributed by atoms with Crippen LogP contribution >= 0.6 is 0 Å². The number of ether oxygens (including phenoxy) is 2. The smallest absolute Gasteiger partial charge is 0.0653 e. The number of unbranched alkanes of at least 4 members (excludes halogenated alkanes) is 3. The zero-order valence-corrected chi connectivity index (χ0v) is 9.26. The second-order valence-corrected chi connectivity index (χ2v) is 4.56. The van der Waals surface area contributed by atoms with Gasteiger partial charge in [-0.1, -0.05) is 32.5 Å². The predicted octanol–water partition coefficient (Wildman–Crippen LogP) is 2.19. The van der Waals surface area contributed by atoms with Crippen LogP contribution in [0, 0.1) is 5.41 Å². The van der Waals surface area contributed by atoms with Crippen molar-refractivity contribution >= 4 is 7.85 Å². The van der Waals surface area contributed by atoms with Gasteiger partial charge in [-0.15, -0.1) is 0 Å². The lowest BCUT2D eigenvalue weighted by Crippen LogP contribution is -2.43. The summed E-state index contributed by atoms with van der Waals surface area (Å²) in [5, 5.41) is 0. The standard InChI is InChI=1S/C11H21BO2/c1-11(9-14-10-11)8-13-7-5-3-2-4-6-12/h2-10H2,1H3. The van der Waals surface area contributed by atoms with Crippen molar-refractivity contribution < 1.29 is 9.47 Å². The van der Waals surface area contributed by atoms with Crippen molar-refractivity contribution in [3.63, 3.8) is 0 Å². The Kier molecular flexibility index (Phi) is 5.57. The third kappa shape index (κ3) is 4.47. The predicted molar refractivity (Wildman–Crippen MR) is 58.8 cm³/mol. The normalized spacial score (nSPS) is 19.2. The maximum Gasteiger partial charge on any atom is 0.0653 e. The third-order valence-electron chi connectivity index (χ3n) is 2.59. The van der Waals surface area contributed by atoms with E-state index in [4.69, 9.17) is 17.3 Å². The monoisotopic (exact) mass is 196 g/mol. The summed E-state index contributed by atoms with van der Waals surface area (Å²) in [6.07, 6.45) is 5.60. The Hall–Kier alpha value is -0.0151. The number of hydrogen-bond donors (Lipinski definition) is 0. The average Bonchev–Trinajstić information content (AvgIpc) is 2.14. The van der Waals surface area contributed by atoms with Crippen LogP contribution in [0.25, 0.3) is 0 Å². The molecule has 0 aromatic rings. The third-order valence-corrected chi connectivity index (χ3v) is 2.59. The molecule has 1 aliphatic heterocycles. The molecule has 0 bridgehead atoms. The Balaban J connectivity index is 1.80. The van der Waals surface area contributed by atoms with Gasteiger partial charge in [0.05, 0.1) is 27.7 Å². The summed E-state index contributed by atoms with van der Waals surface area (Å²) in [5.41, 5.74) is 0.303. The van der Waals surface area contributed by atoms with Gasteiger partial charge in [-0.2, -0.15) is 0 Å². The van der Waals surface area contributed by atoms with Crippen molar-refractivity contribution in [2.24, 2.45) is 5.41 Å². The van der Waals surface area contributed by atoms with Crippen molar-refractivity contribution in [1.29, 1.82) is 0 Å². The van der Waals surface area contributed by atoms with E-state index in [2.05, 4.69) is 6.92 Å². The quantitative estimate of drug-likeness (QED) is 0.437. The first-order valence-electron chi connectivity index (χ1n) is 5.62. The van der Waals surface area contributed by atoms with Gasteiger partial charge < -0.3 is 9.47 Å². The fourth-order valence-corrected chi connectivity index (χ4v) is 1.55. The molecule has 0 unspecified atom stereocenters. The van der Waals surface area contributed by atoms with Crippen LogP contribution in [0.15, 0.2) is 0 Å². The first-order valence-corrected chi connectivity index (χ1v) is 5.62. The van der Waals surface area contributed by atoms with E-state index in [1.807, 2.05) is 0 Å². The highest BCUT2D eigenvalue weighted by Gasteiger charge is 2.33. The van der Waals surface area contributed by atoms with E-state index < -0.39 is 0 Å². The van der Waals surface area contributed by atoms with E-state index in [0.29, 0.717) is 5.41 Å². The second kappa shape index (κ2) is 6.47. The molecule has 1 fully saturated rings. The Bertz CT molecular complexity index is 146.